The number of fused-ring (bicyclic) bond motifs is 1. The molecule has 0 aliphatic carbocycles. The number of aromatic nitrogens is 2. The number of carbonyl (C=O) groups is 1. The van der Waals surface area contributed by atoms with E-state index < -0.39 is 5.82 Å². The Hall–Kier alpha value is -2.71. The number of ether oxygens (including phenoxy) is 1. The molecule has 1 amide bonds. The zero-order valence-electron chi connectivity index (χ0n) is 15.6. The highest BCUT2D eigenvalue weighted by Gasteiger charge is 2.20. The summed E-state index contributed by atoms with van der Waals surface area (Å²) in [7, 11) is 0. The fourth-order valence-electron chi connectivity index (χ4n) is 3.30. The largest absolute Gasteiger partial charge is 0.376 e. The van der Waals surface area contributed by atoms with Gasteiger partial charge in [0.05, 0.1) is 29.3 Å². The first-order valence-corrected chi connectivity index (χ1v) is 10.4. The van der Waals surface area contributed by atoms with E-state index in [1.807, 2.05) is 6.07 Å². The van der Waals surface area contributed by atoms with Gasteiger partial charge in [-0.15, -0.1) is 0 Å². The molecule has 0 radical (unpaired) electrons. The maximum atomic E-state index is 13.3. The summed E-state index contributed by atoms with van der Waals surface area (Å²) >= 11 is 1.18. The normalized spacial score (nSPS) is 16.2. The van der Waals surface area contributed by atoms with Crippen molar-refractivity contribution >= 4 is 34.3 Å². The molecule has 8 heteroatoms. The van der Waals surface area contributed by atoms with Gasteiger partial charge < -0.3 is 10.1 Å². The number of carbonyl (C=O) groups excluding carboxylic acids is 1. The minimum Gasteiger partial charge on any atom is -0.376 e. The van der Waals surface area contributed by atoms with Crippen molar-refractivity contribution in [2.45, 2.75) is 30.6 Å². The van der Waals surface area contributed by atoms with Crippen molar-refractivity contribution in [3.63, 3.8) is 0 Å². The summed E-state index contributed by atoms with van der Waals surface area (Å²) in [5, 5.41) is 3.67. The first-order valence-electron chi connectivity index (χ1n) is 9.39. The number of thioether (sulfide) groups is 1. The molecule has 1 fully saturated rings. The quantitative estimate of drug-likeness (QED) is 0.495. The third-order valence-corrected chi connectivity index (χ3v) is 5.65. The predicted molar refractivity (Wildman–Crippen MR) is 111 cm³/mol. The fourth-order valence-corrected chi connectivity index (χ4v) is 4.11. The smallest absolute Gasteiger partial charge is 0.262 e. The van der Waals surface area contributed by atoms with Gasteiger partial charge in [0.25, 0.3) is 5.56 Å². The van der Waals surface area contributed by atoms with Crippen LogP contribution in [0.3, 0.4) is 0 Å². The number of rotatable bonds is 6. The van der Waals surface area contributed by atoms with Gasteiger partial charge in [-0.3, -0.25) is 14.2 Å². The SMILES string of the molecule is O=C(CSc1nc2ccccc2c(=O)n1C[C@@H]1CCCO1)Nc1cccc(F)c1. The number of hydrogen-bond donors (Lipinski definition) is 1. The summed E-state index contributed by atoms with van der Waals surface area (Å²) in [6.07, 6.45) is 1.83. The minimum atomic E-state index is -0.419. The lowest BCUT2D eigenvalue weighted by Crippen LogP contribution is -2.29. The highest BCUT2D eigenvalue weighted by Crippen LogP contribution is 2.21. The van der Waals surface area contributed by atoms with Crippen LogP contribution < -0.4 is 10.9 Å². The summed E-state index contributed by atoms with van der Waals surface area (Å²) in [4.78, 5) is 29.9. The molecule has 4 rings (SSSR count). The minimum absolute atomic E-state index is 0.0314. The summed E-state index contributed by atoms with van der Waals surface area (Å²) in [6.45, 7) is 1.10. The van der Waals surface area contributed by atoms with Gasteiger partial charge in [0.2, 0.25) is 5.91 Å². The number of para-hydroxylation sites is 1. The van der Waals surface area contributed by atoms with Crippen LogP contribution in [0.2, 0.25) is 0 Å². The Morgan fingerprint density at radius 1 is 1.28 bits per heavy atom. The predicted octanol–water partition coefficient (Wildman–Crippen LogP) is 3.45. The zero-order chi connectivity index (χ0) is 20.2. The van der Waals surface area contributed by atoms with Crippen molar-refractivity contribution in [2.24, 2.45) is 0 Å². The summed E-state index contributed by atoms with van der Waals surface area (Å²) in [5.74, 6) is -0.670. The van der Waals surface area contributed by atoms with Gasteiger partial charge in [-0.05, 0) is 43.2 Å². The second-order valence-corrected chi connectivity index (χ2v) is 7.75. The summed E-state index contributed by atoms with van der Waals surface area (Å²) in [6, 6.07) is 12.9. The average molecular weight is 413 g/mol. The number of amides is 1. The second kappa shape index (κ2) is 8.75. The van der Waals surface area contributed by atoms with Crippen molar-refractivity contribution in [3.05, 3.63) is 64.7 Å². The molecule has 1 aliphatic rings. The molecular formula is C21H20FN3O3S. The highest BCUT2D eigenvalue weighted by atomic mass is 32.2. The number of hydrogen-bond acceptors (Lipinski definition) is 5. The second-order valence-electron chi connectivity index (χ2n) is 6.81. The lowest BCUT2D eigenvalue weighted by atomic mass is 10.2. The summed E-state index contributed by atoms with van der Waals surface area (Å²) < 4.78 is 20.6. The molecule has 150 valence electrons. The van der Waals surface area contributed by atoms with Gasteiger partial charge in [0.15, 0.2) is 5.16 Å². The van der Waals surface area contributed by atoms with Gasteiger partial charge >= 0.3 is 0 Å². The third-order valence-electron chi connectivity index (χ3n) is 4.68. The molecule has 2 heterocycles. The van der Waals surface area contributed by atoms with Crippen molar-refractivity contribution in [1.82, 2.24) is 9.55 Å². The molecule has 0 saturated carbocycles. The van der Waals surface area contributed by atoms with Gasteiger partial charge in [0.1, 0.15) is 5.82 Å². The Morgan fingerprint density at radius 2 is 2.14 bits per heavy atom. The molecular weight excluding hydrogens is 393 g/mol. The van der Waals surface area contributed by atoms with Crippen LogP contribution in [0.1, 0.15) is 12.8 Å². The molecule has 0 unspecified atom stereocenters. The number of anilines is 1. The molecule has 3 aromatic rings. The maximum Gasteiger partial charge on any atom is 0.262 e. The average Bonchev–Trinajstić information content (AvgIpc) is 3.22. The maximum absolute atomic E-state index is 13.3. The van der Waals surface area contributed by atoms with E-state index in [2.05, 4.69) is 10.3 Å². The van der Waals surface area contributed by atoms with E-state index in [1.165, 1.54) is 30.0 Å². The van der Waals surface area contributed by atoms with Gasteiger partial charge in [0, 0.05) is 12.3 Å². The molecule has 1 aliphatic heterocycles. The number of nitrogens with one attached hydrogen (secondary N) is 1. The van der Waals surface area contributed by atoms with Crippen molar-refractivity contribution in [1.29, 1.82) is 0 Å². The molecule has 1 atom stereocenters. The van der Waals surface area contributed by atoms with Gasteiger partial charge in [-0.1, -0.05) is 30.0 Å². The van der Waals surface area contributed by atoms with Crippen LogP contribution in [0.4, 0.5) is 10.1 Å². The van der Waals surface area contributed by atoms with Gasteiger partial charge in [-0.25, -0.2) is 9.37 Å². The van der Waals surface area contributed by atoms with Crippen LogP contribution in [-0.4, -0.2) is 33.9 Å². The number of nitrogens with zero attached hydrogens (tertiary/aromatic N) is 2. The Balaban J connectivity index is 1.56. The zero-order valence-corrected chi connectivity index (χ0v) is 16.5. The molecule has 0 bridgehead atoms. The van der Waals surface area contributed by atoms with E-state index in [0.717, 1.165) is 12.8 Å². The van der Waals surface area contributed by atoms with Crippen LogP contribution in [0.5, 0.6) is 0 Å². The Labute approximate surface area is 171 Å². The monoisotopic (exact) mass is 413 g/mol. The molecule has 0 spiro atoms. The lowest BCUT2D eigenvalue weighted by Gasteiger charge is -2.16. The molecule has 1 saturated heterocycles. The molecule has 1 aromatic heterocycles. The van der Waals surface area contributed by atoms with Crippen LogP contribution in [-0.2, 0) is 16.1 Å². The van der Waals surface area contributed by atoms with Crippen LogP contribution in [0.15, 0.2) is 58.5 Å². The van der Waals surface area contributed by atoms with E-state index >= 15 is 0 Å². The van der Waals surface area contributed by atoms with Crippen molar-refractivity contribution in [2.75, 3.05) is 17.7 Å². The first kappa shape index (κ1) is 19.6. The Morgan fingerprint density at radius 3 is 2.93 bits per heavy atom. The van der Waals surface area contributed by atoms with E-state index in [4.69, 9.17) is 4.74 Å². The molecule has 29 heavy (non-hydrogen) atoms. The standard InChI is InChI=1S/C21H20FN3O3S/c22-14-5-3-6-15(11-14)23-19(26)13-29-21-24-18-9-2-1-8-17(18)20(27)25(21)12-16-7-4-10-28-16/h1-3,5-6,8-9,11,16H,4,7,10,12-13H2,(H,23,26)/t16-/m0/s1. The fraction of sp³-hybridized carbons (Fsp3) is 0.286. The van der Waals surface area contributed by atoms with Crippen molar-refractivity contribution in [3.8, 4) is 0 Å². The van der Waals surface area contributed by atoms with Crippen molar-refractivity contribution < 1.29 is 13.9 Å². The Kier molecular flexibility index (Phi) is 5.92. The lowest BCUT2D eigenvalue weighted by molar-refractivity contribution is -0.113. The highest BCUT2D eigenvalue weighted by molar-refractivity contribution is 7.99. The van der Waals surface area contributed by atoms with Crippen LogP contribution >= 0.6 is 11.8 Å². The first-order chi connectivity index (χ1) is 14.1. The Bertz CT molecular complexity index is 1100. The molecule has 6 nitrogen and oxygen atoms in total. The summed E-state index contributed by atoms with van der Waals surface area (Å²) in [5.41, 5.74) is 0.840. The number of halogens is 1. The number of benzene rings is 2. The van der Waals surface area contributed by atoms with E-state index in [0.29, 0.717) is 34.9 Å². The van der Waals surface area contributed by atoms with Gasteiger partial charge in [-0.2, -0.15) is 0 Å². The molecule has 1 N–H and O–H groups in total. The van der Waals surface area contributed by atoms with Crippen LogP contribution in [0.25, 0.3) is 10.9 Å². The van der Waals surface area contributed by atoms with E-state index in [9.17, 15) is 14.0 Å². The van der Waals surface area contributed by atoms with E-state index in [1.54, 1.807) is 28.8 Å². The third kappa shape index (κ3) is 4.65. The topological polar surface area (TPSA) is 73.2 Å². The molecule has 2 aromatic carbocycles. The van der Waals surface area contributed by atoms with Crippen LogP contribution in [0, 0.1) is 5.82 Å². The van der Waals surface area contributed by atoms with E-state index in [-0.39, 0.29) is 23.3 Å².